The number of aromatic nitrogens is 2. The molecule has 0 fully saturated rings. The number of H-pyrrole nitrogens is 1. The number of aromatic amines is 1. The van der Waals surface area contributed by atoms with Crippen molar-refractivity contribution in [1.82, 2.24) is 9.55 Å². The van der Waals surface area contributed by atoms with Gasteiger partial charge in [0, 0.05) is 12.3 Å². The maximum atomic E-state index is 12.1. The highest BCUT2D eigenvalue weighted by molar-refractivity contribution is 6.99. The van der Waals surface area contributed by atoms with Crippen molar-refractivity contribution in [3.8, 4) is 0 Å². The first kappa shape index (κ1) is 27.5. The number of rotatable bonds is 9. The minimum atomic E-state index is -2.91. The smallest absolute Gasteiger partial charge is 0.330 e. The van der Waals surface area contributed by atoms with Crippen molar-refractivity contribution in [3.05, 3.63) is 105 Å². The van der Waals surface area contributed by atoms with Gasteiger partial charge in [-0.3, -0.25) is 14.3 Å². The molecular weight excluding hydrogens is 476 g/mol. The largest absolute Gasteiger partial charge is 0.403 e. The molecule has 0 aliphatic carbocycles. The van der Waals surface area contributed by atoms with E-state index >= 15 is 0 Å². The molecule has 0 radical (unpaired) electrons. The van der Waals surface area contributed by atoms with E-state index in [0.717, 1.165) is 27.2 Å². The van der Waals surface area contributed by atoms with Crippen LogP contribution in [-0.4, -0.2) is 52.0 Å². The Bertz CT molecular complexity index is 1240. The zero-order valence-electron chi connectivity index (χ0n) is 21.0. The van der Waals surface area contributed by atoms with Crippen LogP contribution < -0.4 is 21.6 Å². The Kier molecular flexibility index (Phi) is 8.65. The number of nitrogens with one attached hydrogen (secondary N) is 1. The van der Waals surface area contributed by atoms with Gasteiger partial charge in [0.25, 0.3) is 13.9 Å². The number of allylic oxidation sites excluding steroid dienone is 1. The van der Waals surface area contributed by atoms with E-state index in [4.69, 9.17) is 4.43 Å². The summed E-state index contributed by atoms with van der Waals surface area (Å²) in [5, 5.41) is 34.1. The predicted molar refractivity (Wildman–Crippen MR) is 142 cm³/mol. The van der Waals surface area contributed by atoms with Gasteiger partial charge in [0.05, 0.1) is 6.61 Å². The van der Waals surface area contributed by atoms with Crippen LogP contribution in [0.3, 0.4) is 0 Å². The average molecular weight is 511 g/mol. The predicted octanol–water partition coefficient (Wildman–Crippen LogP) is 1.27. The van der Waals surface area contributed by atoms with Gasteiger partial charge in [-0.2, -0.15) is 0 Å². The lowest BCUT2D eigenvalue weighted by Crippen LogP contribution is -2.66. The molecule has 0 saturated heterocycles. The van der Waals surface area contributed by atoms with Crippen molar-refractivity contribution in [2.24, 2.45) is 0 Å². The summed E-state index contributed by atoms with van der Waals surface area (Å²) in [4.78, 5) is 25.4. The molecule has 0 spiro atoms. The number of hydrogen-bond donors (Lipinski definition) is 4. The maximum absolute atomic E-state index is 12.1. The minimum absolute atomic E-state index is 0.00471. The highest BCUT2D eigenvalue weighted by Crippen LogP contribution is 2.37. The fourth-order valence-electron chi connectivity index (χ4n) is 4.48. The lowest BCUT2D eigenvalue weighted by molar-refractivity contribution is -0.0831. The Morgan fingerprint density at radius 1 is 0.972 bits per heavy atom. The number of hydrogen-bond acceptors (Lipinski definition) is 6. The van der Waals surface area contributed by atoms with Gasteiger partial charge in [-0.15, -0.1) is 0 Å². The fourth-order valence-corrected chi connectivity index (χ4v) is 9.01. The molecule has 36 heavy (non-hydrogen) atoms. The zero-order valence-corrected chi connectivity index (χ0v) is 22.0. The van der Waals surface area contributed by atoms with Crippen LogP contribution >= 0.6 is 0 Å². The monoisotopic (exact) mass is 510 g/mol. The van der Waals surface area contributed by atoms with E-state index < -0.39 is 38.0 Å². The Hall–Kier alpha value is -3.08. The molecule has 1 aromatic heterocycles. The molecule has 0 aliphatic rings. The molecule has 3 aromatic rings. The molecule has 0 unspecified atom stereocenters. The van der Waals surface area contributed by atoms with E-state index in [0.29, 0.717) is 5.57 Å². The first-order chi connectivity index (χ1) is 17.0. The lowest BCUT2D eigenvalue weighted by Gasteiger charge is -2.43. The Labute approximate surface area is 211 Å². The Morgan fingerprint density at radius 2 is 1.50 bits per heavy atom. The third kappa shape index (κ3) is 5.50. The summed E-state index contributed by atoms with van der Waals surface area (Å²) in [6.45, 7) is 8.10. The van der Waals surface area contributed by atoms with E-state index in [2.05, 4.69) is 45.0 Å². The van der Waals surface area contributed by atoms with E-state index in [-0.39, 0.29) is 11.6 Å². The third-order valence-electron chi connectivity index (χ3n) is 6.39. The van der Waals surface area contributed by atoms with Gasteiger partial charge in [-0.1, -0.05) is 87.5 Å². The highest BCUT2D eigenvalue weighted by atomic mass is 28.4. The molecule has 0 saturated carbocycles. The summed E-state index contributed by atoms with van der Waals surface area (Å²) >= 11 is 0. The summed E-state index contributed by atoms with van der Waals surface area (Å²) in [5.74, 6) is 0. The van der Waals surface area contributed by atoms with Crippen LogP contribution in [0.1, 0.15) is 33.9 Å². The van der Waals surface area contributed by atoms with Crippen molar-refractivity contribution in [2.75, 3.05) is 6.61 Å². The number of aliphatic hydroxyl groups excluding tert-OH is 3. The van der Waals surface area contributed by atoms with E-state index in [1.165, 1.54) is 0 Å². The second-order valence-corrected chi connectivity index (χ2v) is 14.0. The maximum Gasteiger partial charge on any atom is 0.330 e. The van der Waals surface area contributed by atoms with Crippen LogP contribution in [0.25, 0.3) is 0 Å². The molecule has 4 N–H and O–H groups in total. The van der Waals surface area contributed by atoms with Crippen LogP contribution in [0.4, 0.5) is 0 Å². The van der Waals surface area contributed by atoms with Gasteiger partial charge in [-0.25, -0.2) is 4.79 Å². The molecule has 3 rings (SSSR count). The standard InChI is InChI=1S/C27H34N2O6Si/c1-5-19(23(31)24(32)25(33)29-17-16-22(30)28-26(29)34)18-35-36(27(2,3)4,20-12-8-6-9-13-20)21-14-10-7-11-15-21/h5-17,23-25,31-33H,18H2,1-4H3,(H,28,30,34)/b19-5+/t23-,24-,25+/m0/s1. The third-order valence-corrected chi connectivity index (χ3v) is 11.4. The summed E-state index contributed by atoms with van der Waals surface area (Å²) < 4.78 is 7.57. The second kappa shape index (κ2) is 11.3. The Balaban J connectivity index is 1.95. The van der Waals surface area contributed by atoms with Crippen LogP contribution in [0.5, 0.6) is 0 Å². The summed E-state index contributed by atoms with van der Waals surface area (Å²) in [5.41, 5.74) is -1.18. The molecule has 192 valence electrons. The molecule has 8 nitrogen and oxygen atoms in total. The summed E-state index contributed by atoms with van der Waals surface area (Å²) in [6.07, 6.45) is -2.36. The van der Waals surface area contributed by atoms with Gasteiger partial charge in [0.1, 0.15) is 12.2 Å². The average Bonchev–Trinajstić information content (AvgIpc) is 2.86. The highest BCUT2D eigenvalue weighted by Gasteiger charge is 2.50. The number of aliphatic hydroxyl groups is 3. The Morgan fingerprint density at radius 3 is 1.94 bits per heavy atom. The van der Waals surface area contributed by atoms with E-state index in [1.54, 1.807) is 13.0 Å². The molecular formula is C27H34N2O6Si. The topological polar surface area (TPSA) is 125 Å². The SMILES string of the molecule is C/C=C(\CO[Si](c1ccccc1)(c1ccccc1)C(C)(C)C)[C@H](O)[C@H](O)[C@@H](O)n1ccc(=O)[nH]c1=O. The first-order valence-electron chi connectivity index (χ1n) is 11.8. The molecule has 3 atom stereocenters. The molecule has 2 aromatic carbocycles. The second-order valence-electron chi connectivity index (χ2n) is 9.68. The minimum Gasteiger partial charge on any atom is -0.403 e. The molecule has 0 bridgehead atoms. The van der Waals surface area contributed by atoms with Crippen molar-refractivity contribution in [2.45, 2.75) is 51.2 Å². The fraction of sp³-hybridized carbons (Fsp3) is 0.333. The van der Waals surface area contributed by atoms with Gasteiger partial charge < -0.3 is 19.7 Å². The van der Waals surface area contributed by atoms with Crippen LogP contribution in [0, 0.1) is 0 Å². The van der Waals surface area contributed by atoms with Crippen molar-refractivity contribution >= 4 is 18.7 Å². The van der Waals surface area contributed by atoms with Gasteiger partial charge in [0.15, 0.2) is 6.23 Å². The van der Waals surface area contributed by atoms with Crippen molar-refractivity contribution in [1.29, 1.82) is 0 Å². The number of nitrogens with zero attached hydrogens (tertiary/aromatic N) is 1. The molecule has 1 heterocycles. The number of benzene rings is 2. The van der Waals surface area contributed by atoms with Gasteiger partial charge in [0.2, 0.25) is 0 Å². The first-order valence-corrected chi connectivity index (χ1v) is 13.7. The lowest BCUT2D eigenvalue weighted by atomic mass is 10.0. The molecule has 0 aliphatic heterocycles. The quantitative estimate of drug-likeness (QED) is 0.254. The summed E-state index contributed by atoms with van der Waals surface area (Å²) in [6, 6.07) is 21.1. The zero-order chi connectivity index (χ0) is 26.5. The van der Waals surface area contributed by atoms with E-state index in [1.807, 2.05) is 41.4 Å². The van der Waals surface area contributed by atoms with Crippen molar-refractivity contribution in [3.63, 3.8) is 0 Å². The van der Waals surface area contributed by atoms with Crippen LogP contribution in [0.15, 0.2) is 94.2 Å². The van der Waals surface area contributed by atoms with Gasteiger partial charge >= 0.3 is 5.69 Å². The summed E-state index contributed by atoms with van der Waals surface area (Å²) in [7, 11) is -2.91. The van der Waals surface area contributed by atoms with Crippen LogP contribution in [-0.2, 0) is 4.43 Å². The normalized spacial score (nSPS) is 15.4. The van der Waals surface area contributed by atoms with E-state index in [9.17, 15) is 24.9 Å². The van der Waals surface area contributed by atoms with Crippen molar-refractivity contribution < 1.29 is 19.7 Å². The van der Waals surface area contributed by atoms with Crippen LogP contribution in [0.2, 0.25) is 5.04 Å². The molecule has 0 amide bonds. The van der Waals surface area contributed by atoms with Gasteiger partial charge in [-0.05, 0) is 27.9 Å². The molecule has 9 heteroatoms.